The molecule has 7 nitrogen and oxygen atoms in total. The van der Waals surface area contributed by atoms with Gasteiger partial charge in [0.05, 0.1) is 11.6 Å². The number of carbonyl (C=O) groups is 2. The van der Waals surface area contributed by atoms with Crippen LogP contribution < -0.4 is 10.6 Å². The molecular formula is C19H27F3N4O3. The van der Waals surface area contributed by atoms with Gasteiger partial charge in [-0.25, -0.2) is 9.59 Å². The van der Waals surface area contributed by atoms with Gasteiger partial charge in [0.2, 0.25) is 0 Å². The number of benzene rings is 1. The molecule has 1 aromatic carbocycles. The average Bonchev–Trinajstić information content (AvgIpc) is 2.58. The Hall–Kier alpha value is -2.49. The van der Waals surface area contributed by atoms with Gasteiger partial charge in [-0.2, -0.15) is 13.2 Å². The van der Waals surface area contributed by atoms with Crippen molar-refractivity contribution in [3.8, 4) is 0 Å². The number of alkyl halides is 3. The lowest BCUT2D eigenvalue weighted by atomic mass is 10.1. The number of ether oxygens (including phenoxy) is 1. The summed E-state index contributed by atoms with van der Waals surface area (Å²) in [5.41, 5.74) is -1.15. The van der Waals surface area contributed by atoms with E-state index >= 15 is 0 Å². The number of rotatable bonds is 3. The molecule has 0 unspecified atom stereocenters. The number of anilines is 1. The maximum absolute atomic E-state index is 12.7. The lowest BCUT2D eigenvalue weighted by Crippen LogP contribution is -2.58. The minimum atomic E-state index is -4.43. The fourth-order valence-electron chi connectivity index (χ4n) is 2.91. The van der Waals surface area contributed by atoms with E-state index in [1.54, 1.807) is 25.7 Å². The highest BCUT2D eigenvalue weighted by Gasteiger charge is 2.31. The van der Waals surface area contributed by atoms with Crippen LogP contribution in [-0.2, 0) is 10.9 Å². The largest absolute Gasteiger partial charge is 0.444 e. The number of likely N-dealkylation sites (N-methyl/N-ethyl adjacent to an activating group) is 1. The van der Waals surface area contributed by atoms with Crippen molar-refractivity contribution in [1.29, 1.82) is 0 Å². The lowest BCUT2D eigenvalue weighted by molar-refractivity contribution is -0.137. The Morgan fingerprint density at radius 1 is 1.14 bits per heavy atom. The smallest absolute Gasteiger partial charge is 0.416 e. The van der Waals surface area contributed by atoms with Crippen LogP contribution in [0.15, 0.2) is 24.3 Å². The number of hydrogen-bond acceptors (Lipinski definition) is 4. The normalized spacial score (nSPS) is 18.3. The van der Waals surface area contributed by atoms with Crippen molar-refractivity contribution in [3.05, 3.63) is 29.8 Å². The van der Waals surface area contributed by atoms with Gasteiger partial charge in [0.25, 0.3) is 0 Å². The molecule has 29 heavy (non-hydrogen) atoms. The molecule has 2 N–H and O–H groups in total. The first-order valence-corrected chi connectivity index (χ1v) is 9.25. The van der Waals surface area contributed by atoms with E-state index in [0.29, 0.717) is 19.6 Å². The van der Waals surface area contributed by atoms with Crippen molar-refractivity contribution >= 4 is 17.8 Å². The zero-order valence-corrected chi connectivity index (χ0v) is 17.0. The Morgan fingerprint density at radius 3 is 2.31 bits per heavy atom. The molecule has 1 saturated heterocycles. The van der Waals surface area contributed by atoms with Gasteiger partial charge >= 0.3 is 18.3 Å². The molecule has 0 bridgehead atoms. The van der Waals surface area contributed by atoms with Gasteiger partial charge in [0, 0.05) is 31.9 Å². The molecule has 2 rings (SSSR count). The van der Waals surface area contributed by atoms with E-state index in [1.807, 2.05) is 11.9 Å². The van der Waals surface area contributed by atoms with Crippen LogP contribution in [0, 0.1) is 0 Å². The Kier molecular flexibility index (Phi) is 6.99. The summed E-state index contributed by atoms with van der Waals surface area (Å²) in [5.74, 6) is 0. The van der Waals surface area contributed by atoms with E-state index in [-0.39, 0.29) is 18.3 Å². The number of urea groups is 1. The highest BCUT2D eigenvalue weighted by atomic mass is 19.4. The predicted molar refractivity (Wildman–Crippen MR) is 103 cm³/mol. The summed E-state index contributed by atoms with van der Waals surface area (Å²) in [5, 5.41) is 5.29. The Balaban J connectivity index is 1.99. The van der Waals surface area contributed by atoms with Gasteiger partial charge in [0.1, 0.15) is 5.60 Å². The number of alkyl carbamates (subject to hydrolysis) is 1. The molecule has 0 aliphatic carbocycles. The second-order valence-electron chi connectivity index (χ2n) is 8.00. The fourth-order valence-corrected chi connectivity index (χ4v) is 2.91. The topological polar surface area (TPSA) is 73.9 Å². The van der Waals surface area contributed by atoms with E-state index in [0.717, 1.165) is 12.1 Å². The third-order valence-electron chi connectivity index (χ3n) is 4.29. The minimum absolute atomic E-state index is 0.194. The number of piperazine rings is 1. The van der Waals surface area contributed by atoms with E-state index in [9.17, 15) is 22.8 Å². The molecule has 3 amide bonds. The zero-order valence-electron chi connectivity index (χ0n) is 17.0. The van der Waals surface area contributed by atoms with Crippen molar-refractivity contribution in [2.45, 2.75) is 38.6 Å². The SMILES string of the molecule is CN1CCN(C(=O)Nc2ccc(C(F)(F)F)cc2)[C@@H](CNC(=O)OC(C)(C)C)C1. The Labute approximate surface area is 168 Å². The summed E-state index contributed by atoms with van der Waals surface area (Å²) < 4.78 is 43.2. The average molecular weight is 416 g/mol. The molecule has 10 heteroatoms. The number of nitrogens with one attached hydrogen (secondary N) is 2. The summed E-state index contributed by atoms with van der Waals surface area (Å²) in [6.07, 6.45) is -5.01. The summed E-state index contributed by atoms with van der Waals surface area (Å²) in [6.45, 7) is 7.06. The monoisotopic (exact) mass is 416 g/mol. The molecule has 0 spiro atoms. The van der Waals surface area contributed by atoms with Gasteiger partial charge in [-0.15, -0.1) is 0 Å². The zero-order chi connectivity index (χ0) is 21.8. The highest BCUT2D eigenvalue weighted by Crippen LogP contribution is 2.29. The van der Waals surface area contributed by atoms with Crippen molar-refractivity contribution in [2.24, 2.45) is 0 Å². The molecule has 1 fully saturated rings. The first-order chi connectivity index (χ1) is 13.3. The summed E-state index contributed by atoms with van der Waals surface area (Å²) in [7, 11) is 1.91. The van der Waals surface area contributed by atoms with Crippen LogP contribution in [0.5, 0.6) is 0 Å². The first kappa shape index (κ1) is 22.8. The Morgan fingerprint density at radius 2 is 1.76 bits per heavy atom. The standard InChI is InChI=1S/C19H27F3N4O3/c1-18(2,3)29-17(28)23-11-15-12-25(4)9-10-26(15)16(27)24-14-7-5-13(6-8-14)19(20,21)22/h5-8,15H,9-12H2,1-4H3,(H,23,28)(H,24,27)/t15-/m0/s1. The number of hydrogen-bond donors (Lipinski definition) is 2. The summed E-state index contributed by atoms with van der Waals surface area (Å²) in [4.78, 5) is 28.2. The number of amides is 3. The molecular weight excluding hydrogens is 389 g/mol. The first-order valence-electron chi connectivity index (χ1n) is 9.25. The van der Waals surface area contributed by atoms with Crippen molar-refractivity contribution in [2.75, 3.05) is 38.5 Å². The molecule has 0 saturated carbocycles. The van der Waals surface area contributed by atoms with Crippen LogP contribution in [0.3, 0.4) is 0 Å². The molecule has 1 atom stereocenters. The number of carbonyl (C=O) groups excluding carboxylic acids is 2. The number of nitrogens with zero attached hydrogens (tertiary/aromatic N) is 2. The summed E-state index contributed by atoms with van der Waals surface area (Å²) in [6, 6.07) is 3.52. The lowest BCUT2D eigenvalue weighted by Gasteiger charge is -2.40. The van der Waals surface area contributed by atoms with Crippen LogP contribution in [0.25, 0.3) is 0 Å². The fraction of sp³-hybridized carbons (Fsp3) is 0.579. The quantitative estimate of drug-likeness (QED) is 0.792. The molecule has 0 aromatic heterocycles. The second-order valence-corrected chi connectivity index (χ2v) is 8.00. The van der Waals surface area contributed by atoms with E-state index in [2.05, 4.69) is 10.6 Å². The molecule has 162 valence electrons. The van der Waals surface area contributed by atoms with Gasteiger partial charge in [-0.3, -0.25) is 0 Å². The third kappa shape index (κ3) is 7.12. The highest BCUT2D eigenvalue weighted by molar-refractivity contribution is 5.89. The van der Waals surface area contributed by atoms with Gasteiger partial charge in [-0.1, -0.05) is 0 Å². The van der Waals surface area contributed by atoms with Gasteiger partial charge in [0.15, 0.2) is 0 Å². The maximum atomic E-state index is 12.7. The molecule has 1 heterocycles. The van der Waals surface area contributed by atoms with Crippen LogP contribution in [0.4, 0.5) is 28.4 Å². The summed E-state index contributed by atoms with van der Waals surface area (Å²) >= 11 is 0. The van der Waals surface area contributed by atoms with E-state index in [1.165, 1.54) is 12.1 Å². The van der Waals surface area contributed by atoms with Crippen molar-refractivity contribution in [1.82, 2.24) is 15.1 Å². The maximum Gasteiger partial charge on any atom is 0.416 e. The third-order valence-corrected chi connectivity index (χ3v) is 4.29. The van der Waals surface area contributed by atoms with Crippen LogP contribution in [0.2, 0.25) is 0 Å². The van der Waals surface area contributed by atoms with Gasteiger partial charge < -0.3 is 25.2 Å². The molecule has 1 aliphatic heterocycles. The van der Waals surface area contributed by atoms with E-state index < -0.39 is 29.5 Å². The van der Waals surface area contributed by atoms with Crippen molar-refractivity contribution in [3.63, 3.8) is 0 Å². The molecule has 1 aromatic rings. The van der Waals surface area contributed by atoms with E-state index in [4.69, 9.17) is 4.74 Å². The Bertz CT molecular complexity index is 717. The van der Waals surface area contributed by atoms with Crippen LogP contribution in [0.1, 0.15) is 26.3 Å². The number of halogens is 3. The van der Waals surface area contributed by atoms with Crippen LogP contribution >= 0.6 is 0 Å². The van der Waals surface area contributed by atoms with Crippen molar-refractivity contribution < 1.29 is 27.5 Å². The molecule has 1 aliphatic rings. The van der Waals surface area contributed by atoms with Crippen LogP contribution in [-0.4, -0.2) is 66.8 Å². The molecule has 0 radical (unpaired) electrons. The second kappa shape index (κ2) is 8.89. The minimum Gasteiger partial charge on any atom is -0.444 e. The van der Waals surface area contributed by atoms with Gasteiger partial charge in [-0.05, 0) is 52.1 Å². The predicted octanol–water partition coefficient (Wildman–Crippen LogP) is 3.38.